The molecule has 1 aliphatic carbocycles. The zero-order valence-electron chi connectivity index (χ0n) is 26.4. The van der Waals surface area contributed by atoms with Crippen LogP contribution in [0.3, 0.4) is 0 Å². The SMILES string of the molecule is CC(NC(=O)c1c(CN2CCC(C(=O)Nc3cccc(C(=O)O)c3)CC2)c(-c2ccccc2)nc2ccccc12)C1CCCCC1. The van der Waals surface area contributed by atoms with Crippen LogP contribution in [0.15, 0.2) is 78.9 Å². The molecule has 1 saturated carbocycles. The number of para-hydroxylation sites is 1. The van der Waals surface area contributed by atoms with E-state index in [1.165, 1.54) is 31.4 Å². The average molecular weight is 619 g/mol. The number of fused-ring (bicyclic) bond motifs is 1. The molecule has 2 amide bonds. The third-order valence-corrected chi connectivity index (χ3v) is 9.70. The Kier molecular flexibility index (Phi) is 9.73. The molecule has 0 bridgehead atoms. The molecule has 8 nitrogen and oxygen atoms in total. The van der Waals surface area contributed by atoms with Crippen molar-refractivity contribution in [3.63, 3.8) is 0 Å². The lowest BCUT2D eigenvalue weighted by atomic mass is 9.84. The number of carboxylic acids is 1. The zero-order chi connectivity index (χ0) is 32.0. The second-order valence-electron chi connectivity index (χ2n) is 12.8. The molecule has 6 rings (SSSR count). The van der Waals surface area contributed by atoms with Gasteiger partial charge in [0.1, 0.15) is 0 Å². The number of likely N-dealkylation sites (tertiary alicyclic amines) is 1. The first-order valence-electron chi connectivity index (χ1n) is 16.5. The molecule has 8 heteroatoms. The highest BCUT2D eigenvalue weighted by Crippen LogP contribution is 2.33. The monoisotopic (exact) mass is 618 g/mol. The van der Waals surface area contributed by atoms with E-state index in [-0.39, 0.29) is 29.3 Å². The minimum Gasteiger partial charge on any atom is -0.478 e. The third-order valence-electron chi connectivity index (χ3n) is 9.70. The van der Waals surface area contributed by atoms with E-state index in [1.807, 2.05) is 54.6 Å². The highest BCUT2D eigenvalue weighted by molar-refractivity contribution is 6.09. The number of piperidine rings is 1. The summed E-state index contributed by atoms with van der Waals surface area (Å²) in [4.78, 5) is 46.2. The number of carbonyl (C=O) groups excluding carboxylic acids is 2. The van der Waals surface area contributed by atoms with Gasteiger partial charge in [-0.1, -0.05) is 73.9 Å². The fraction of sp³-hybridized carbons (Fsp3) is 0.368. The molecule has 2 fully saturated rings. The maximum Gasteiger partial charge on any atom is 0.335 e. The van der Waals surface area contributed by atoms with Gasteiger partial charge in [0.2, 0.25) is 5.91 Å². The van der Waals surface area contributed by atoms with Crippen molar-refractivity contribution in [3.8, 4) is 11.3 Å². The summed E-state index contributed by atoms with van der Waals surface area (Å²) in [6, 6.07) is 24.4. The van der Waals surface area contributed by atoms with Crippen LogP contribution in [0.25, 0.3) is 22.2 Å². The van der Waals surface area contributed by atoms with Gasteiger partial charge in [-0.15, -0.1) is 0 Å². The van der Waals surface area contributed by atoms with E-state index in [1.54, 1.807) is 12.1 Å². The van der Waals surface area contributed by atoms with Gasteiger partial charge in [-0.2, -0.15) is 0 Å². The molecular weight excluding hydrogens is 576 g/mol. The molecule has 46 heavy (non-hydrogen) atoms. The quantitative estimate of drug-likeness (QED) is 0.184. The summed E-state index contributed by atoms with van der Waals surface area (Å²) in [6.07, 6.45) is 7.32. The van der Waals surface area contributed by atoms with E-state index in [0.29, 0.717) is 49.6 Å². The van der Waals surface area contributed by atoms with Gasteiger partial charge in [-0.3, -0.25) is 14.5 Å². The minimum atomic E-state index is -1.03. The molecule has 4 aromatic rings. The van der Waals surface area contributed by atoms with Crippen LogP contribution in [0.4, 0.5) is 5.69 Å². The van der Waals surface area contributed by atoms with E-state index < -0.39 is 5.97 Å². The lowest BCUT2D eigenvalue weighted by molar-refractivity contribution is -0.121. The maximum atomic E-state index is 14.3. The number of hydrogen-bond donors (Lipinski definition) is 3. The van der Waals surface area contributed by atoms with Crippen LogP contribution >= 0.6 is 0 Å². The average Bonchev–Trinajstić information content (AvgIpc) is 3.09. The van der Waals surface area contributed by atoms with E-state index >= 15 is 0 Å². The van der Waals surface area contributed by atoms with Crippen LogP contribution < -0.4 is 10.6 Å². The summed E-state index contributed by atoms with van der Waals surface area (Å²) in [6.45, 7) is 4.06. The van der Waals surface area contributed by atoms with Gasteiger partial charge in [0.05, 0.1) is 22.3 Å². The summed E-state index contributed by atoms with van der Waals surface area (Å²) < 4.78 is 0. The largest absolute Gasteiger partial charge is 0.478 e. The van der Waals surface area contributed by atoms with E-state index in [0.717, 1.165) is 40.6 Å². The first kappa shape index (κ1) is 31.4. The molecule has 1 saturated heterocycles. The van der Waals surface area contributed by atoms with Gasteiger partial charge in [-0.05, 0) is 75.9 Å². The molecule has 1 unspecified atom stereocenters. The van der Waals surface area contributed by atoms with Crippen LogP contribution in [0.2, 0.25) is 0 Å². The fourth-order valence-electron chi connectivity index (χ4n) is 7.08. The summed E-state index contributed by atoms with van der Waals surface area (Å²) >= 11 is 0. The Bertz CT molecular complexity index is 1710. The van der Waals surface area contributed by atoms with Crippen LogP contribution in [0.1, 0.15) is 78.1 Å². The van der Waals surface area contributed by atoms with Crippen molar-refractivity contribution in [1.29, 1.82) is 0 Å². The number of nitrogens with zero attached hydrogens (tertiary/aromatic N) is 2. The lowest BCUT2D eigenvalue weighted by Crippen LogP contribution is -2.40. The van der Waals surface area contributed by atoms with E-state index in [4.69, 9.17) is 4.98 Å². The van der Waals surface area contributed by atoms with Crippen molar-refractivity contribution < 1.29 is 19.5 Å². The van der Waals surface area contributed by atoms with Crippen LogP contribution in [-0.2, 0) is 11.3 Å². The molecule has 1 aromatic heterocycles. The summed E-state index contributed by atoms with van der Waals surface area (Å²) in [5, 5.41) is 16.5. The molecule has 0 radical (unpaired) electrons. The lowest BCUT2D eigenvalue weighted by Gasteiger charge is -2.33. The first-order chi connectivity index (χ1) is 22.4. The Balaban J connectivity index is 1.26. The van der Waals surface area contributed by atoms with Gasteiger partial charge in [0, 0.05) is 40.7 Å². The molecular formula is C38H42N4O4. The number of carbonyl (C=O) groups is 3. The fourth-order valence-corrected chi connectivity index (χ4v) is 7.08. The van der Waals surface area contributed by atoms with Crippen molar-refractivity contribution in [2.75, 3.05) is 18.4 Å². The Morgan fingerprint density at radius 3 is 2.35 bits per heavy atom. The molecule has 2 heterocycles. The Hall–Kier alpha value is -4.56. The van der Waals surface area contributed by atoms with Crippen molar-refractivity contribution in [1.82, 2.24) is 15.2 Å². The van der Waals surface area contributed by atoms with Crippen LogP contribution in [0, 0.1) is 11.8 Å². The number of rotatable bonds is 9. The van der Waals surface area contributed by atoms with Gasteiger partial charge in [-0.25, -0.2) is 9.78 Å². The molecule has 1 aliphatic heterocycles. The summed E-state index contributed by atoms with van der Waals surface area (Å²) in [5.74, 6) is -0.885. The first-order valence-corrected chi connectivity index (χ1v) is 16.5. The van der Waals surface area contributed by atoms with Gasteiger partial charge >= 0.3 is 5.97 Å². The number of carboxylic acid groups (broad SMARTS) is 1. The number of pyridine rings is 1. The molecule has 3 aromatic carbocycles. The number of nitrogens with one attached hydrogen (secondary N) is 2. The Morgan fingerprint density at radius 1 is 0.891 bits per heavy atom. The van der Waals surface area contributed by atoms with Crippen LogP contribution in [0.5, 0.6) is 0 Å². The Labute approximate surface area is 270 Å². The van der Waals surface area contributed by atoms with E-state index in [9.17, 15) is 19.5 Å². The van der Waals surface area contributed by atoms with Crippen molar-refractivity contribution in [2.24, 2.45) is 11.8 Å². The van der Waals surface area contributed by atoms with E-state index in [2.05, 4.69) is 22.5 Å². The maximum absolute atomic E-state index is 14.3. The third kappa shape index (κ3) is 7.12. The smallest absolute Gasteiger partial charge is 0.335 e. The summed E-state index contributed by atoms with van der Waals surface area (Å²) in [5.41, 5.74) is 4.79. The van der Waals surface area contributed by atoms with Crippen molar-refractivity contribution in [2.45, 2.75) is 64.5 Å². The summed E-state index contributed by atoms with van der Waals surface area (Å²) in [7, 11) is 0. The number of hydrogen-bond acceptors (Lipinski definition) is 5. The zero-order valence-corrected chi connectivity index (χ0v) is 26.4. The number of amides is 2. The number of anilines is 1. The highest BCUT2D eigenvalue weighted by Gasteiger charge is 2.30. The predicted molar refractivity (Wildman–Crippen MR) is 181 cm³/mol. The molecule has 2 aliphatic rings. The molecule has 1 atom stereocenters. The second kappa shape index (κ2) is 14.3. The molecule has 238 valence electrons. The Morgan fingerprint density at radius 2 is 1.61 bits per heavy atom. The van der Waals surface area contributed by atoms with Crippen molar-refractivity contribution in [3.05, 3.63) is 95.6 Å². The number of aromatic nitrogens is 1. The number of benzene rings is 3. The number of aromatic carboxylic acids is 1. The molecule has 0 spiro atoms. The standard InChI is InChI=1S/C38H42N4O4/c1-25(26-11-4-2-5-12-26)39-37(44)34-31-17-8-9-18-33(31)41-35(27-13-6-3-7-14-27)32(34)24-42-21-19-28(20-22-42)36(43)40-30-16-10-15-29(23-30)38(45)46/h3,6-10,13-18,23,25-26,28H,2,4-5,11-12,19-22,24H2,1H3,(H,39,44)(H,40,43)(H,45,46). The van der Waals surface area contributed by atoms with Gasteiger partial charge in [0.15, 0.2) is 0 Å². The predicted octanol–water partition coefficient (Wildman–Crippen LogP) is 7.15. The van der Waals surface area contributed by atoms with Crippen LogP contribution in [-0.4, -0.2) is 51.9 Å². The second-order valence-corrected chi connectivity index (χ2v) is 12.8. The normalized spacial score (nSPS) is 17.0. The van der Waals surface area contributed by atoms with Crippen molar-refractivity contribution >= 4 is 34.4 Å². The topological polar surface area (TPSA) is 112 Å². The van der Waals surface area contributed by atoms with Gasteiger partial charge < -0.3 is 15.7 Å². The van der Waals surface area contributed by atoms with Gasteiger partial charge in [0.25, 0.3) is 5.91 Å². The molecule has 3 N–H and O–H groups in total. The minimum absolute atomic E-state index is 0.0540. The highest BCUT2D eigenvalue weighted by atomic mass is 16.4.